The van der Waals surface area contributed by atoms with Crippen LogP contribution in [-0.4, -0.2) is 9.97 Å². The molecule has 1 heterocycles. The van der Waals surface area contributed by atoms with Gasteiger partial charge in [0.15, 0.2) is 0 Å². The summed E-state index contributed by atoms with van der Waals surface area (Å²) in [5.41, 5.74) is 6.03. The Kier molecular flexibility index (Phi) is 2.82. The molecule has 0 aliphatic heterocycles. The summed E-state index contributed by atoms with van der Waals surface area (Å²) in [6, 6.07) is 1.98. The molecule has 0 amide bonds. The lowest BCUT2D eigenvalue weighted by atomic mass is 9.88. The summed E-state index contributed by atoms with van der Waals surface area (Å²) in [6.45, 7) is 0. The largest absolute Gasteiger partial charge is 0.382 e. The monoisotopic (exact) mass is 202 g/mol. The van der Waals surface area contributed by atoms with Gasteiger partial charge in [-0.05, 0) is 12.8 Å². The maximum Gasteiger partial charge on any atom is 0.145 e. The van der Waals surface area contributed by atoms with E-state index >= 15 is 0 Å². The first-order chi connectivity index (χ1) is 7.31. The molecule has 0 aromatic carbocycles. The fraction of sp³-hybridized carbons (Fsp3) is 0.545. The van der Waals surface area contributed by atoms with Crippen LogP contribution in [0.25, 0.3) is 0 Å². The predicted octanol–water partition coefficient (Wildman–Crippen LogP) is 1.98. The molecule has 2 rings (SSSR count). The molecule has 0 saturated heterocycles. The van der Waals surface area contributed by atoms with Gasteiger partial charge in [0.1, 0.15) is 23.3 Å². The van der Waals surface area contributed by atoms with Crippen LogP contribution in [0.4, 0.5) is 5.82 Å². The van der Waals surface area contributed by atoms with E-state index in [1.165, 1.54) is 25.5 Å². The molecule has 4 nitrogen and oxygen atoms in total. The van der Waals surface area contributed by atoms with Gasteiger partial charge in [0.2, 0.25) is 0 Å². The molecule has 78 valence electrons. The quantitative estimate of drug-likeness (QED) is 0.755. The molecule has 1 aromatic rings. The van der Waals surface area contributed by atoms with E-state index in [0.29, 0.717) is 17.3 Å². The highest BCUT2D eigenvalue weighted by atomic mass is 14.9. The summed E-state index contributed by atoms with van der Waals surface area (Å²) >= 11 is 0. The van der Waals surface area contributed by atoms with E-state index in [0.717, 1.165) is 18.7 Å². The van der Waals surface area contributed by atoms with Gasteiger partial charge in [-0.15, -0.1) is 0 Å². The third kappa shape index (κ3) is 2.07. The minimum atomic E-state index is 0.313. The SMILES string of the molecule is N#Cc1cnc(C2CCCCC2)nc1N. The molecule has 0 atom stereocenters. The summed E-state index contributed by atoms with van der Waals surface area (Å²) in [5, 5.41) is 8.71. The zero-order valence-electron chi connectivity index (χ0n) is 8.61. The van der Waals surface area contributed by atoms with Crippen LogP contribution >= 0.6 is 0 Å². The molecule has 15 heavy (non-hydrogen) atoms. The number of hydrogen-bond acceptors (Lipinski definition) is 4. The summed E-state index contributed by atoms with van der Waals surface area (Å²) < 4.78 is 0. The predicted molar refractivity (Wildman–Crippen MR) is 57.0 cm³/mol. The number of aromatic nitrogens is 2. The molecule has 1 aliphatic carbocycles. The van der Waals surface area contributed by atoms with Crippen LogP contribution < -0.4 is 5.73 Å². The van der Waals surface area contributed by atoms with Crippen molar-refractivity contribution in [3.05, 3.63) is 17.6 Å². The topological polar surface area (TPSA) is 75.6 Å². The average molecular weight is 202 g/mol. The van der Waals surface area contributed by atoms with E-state index in [2.05, 4.69) is 9.97 Å². The van der Waals surface area contributed by atoms with Crippen molar-refractivity contribution in [2.45, 2.75) is 38.0 Å². The number of rotatable bonds is 1. The number of nitrogen functional groups attached to an aromatic ring is 1. The molecule has 2 N–H and O–H groups in total. The van der Waals surface area contributed by atoms with Crippen LogP contribution in [0.5, 0.6) is 0 Å². The molecule has 4 heteroatoms. The van der Waals surface area contributed by atoms with Crippen molar-refractivity contribution in [3.8, 4) is 6.07 Å². The number of anilines is 1. The van der Waals surface area contributed by atoms with Gasteiger partial charge in [-0.25, -0.2) is 9.97 Å². The second-order valence-corrected chi connectivity index (χ2v) is 3.97. The minimum absolute atomic E-state index is 0.313. The van der Waals surface area contributed by atoms with E-state index in [4.69, 9.17) is 11.0 Å². The Morgan fingerprint density at radius 3 is 2.67 bits per heavy atom. The second-order valence-electron chi connectivity index (χ2n) is 3.97. The molecule has 1 aromatic heterocycles. The van der Waals surface area contributed by atoms with Crippen molar-refractivity contribution in [2.75, 3.05) is 5.73 Å². The Labute approximate surface area is 89.2 Å². The van der Waals surface area contributed by atoms with Gasteiger partial charge < -0.3 is 5.73 Å². The summed E-state index contributed by atoms with van der Waals surface area (Å²) in [5.74, 6) is 1.56. The van der Waals surface area contributed by atoms with Gasteiger partial charge >= 0.3 is 0 Å². The van der Waals surface area contributed by atoms with Crippen LogP contribution in [0.2, 0.25) is 0 Å². The molecule has 1 aliphatic rings. The van der Waals surface area contributed by atoms with Crippen LogP contribution in [0, 0.1) is 11.3 Å². The standard InChI is InChI=1S/C11H14N4/c12-6-9-7-14-11(15-10(9)13)8-4-2-1-3-5-8/h7-8H,1-5H2,(H2,13,14,15). The fourth-order valence-electron chi connectivity index (χ4n) is 2.05. The smallest absolute Gasteiger partial charge is 0.145 e. The molecule has 0 radical (unpaired) electrons. The Morgan fingerprint density at radius 1 is 1.33 bits per heavy atom. The van der Waals surface area contributed by atoms with Gasteiger partial charge in [0.25, 0.3) is 0 Å². The third-order valence-electron chi connectivity index (χ3n) is 2.93. The molecule has 0 spiro atoms. The van der Waals surface area contributed by atoms with Crippen molar-refractivity contribution in [3.63, 3.8) is 0 Å². The van der Waals surface area contributed by atoms with Crippen LogP contribution in [-0.2, 0) is 0 Å². The lowest BCUT2D eigenvalue weighted by Crippen LogP contribution is -2.10. The van der Waals surface area contributed by atoms with Crippen molar-refractivity contribution >= 4 is 5.82 Å². The van der Waals surface area contributed by atoms with Crippen molar-refractivity contribution in [1.29, 1.82) is 5.26 Å². The zero-order valence-corrected chi connectivity index (χ0v) is 8.61. The molecule has 0 unspecified atom stereocenters. The van der Waals surface area contributed by atoms with E-state index in [1.54, 1.807) is 0 Å². The molecular formula is C11H14N4. The Balaban J connectivity index is 2.22. The number of hydrogen-bond donors (Lipinski definition) is 1. The van der Waals surface area contributed by atoms with Crippen LogP contribution in [0.1, 0.15) is 49.4 Å². The second kappa shape index (κ2) is 4.26. The van der Waals surface area contributed by atoms with Gasteiger partial charge in [-0.3, -0.25) is 0 Å². The number of nitrogens with two attached hydrogens (primary N) is 1. The summed E-state index contributed by atoms with van der Waals surface area (Å²) in [4.78, 5) is 8.43. The Hall–Kier alpha value is -1.63. The van der Waals surface area contributed by atoms with Gasteiger partial charge in [-0.1, -0.05) is 19.3 Å². The van der Waals surface area contributed by atoms with E-state index in [1.807, 2.05) is 6.07 Å². The van der Waals surface area contributed by atoms with Gasteiger partial charge in [0, 0.05) is 5.92 Å². The number of nitrogens with zero attached hydrogens (tertiary/aromatic N) is 3. The summed E-state index contributed by atoms with van der Waals surface area (Å²) in [7, 11) is 0. The first-order valence-corrected chi connectivity index (χ1v) is 5.34. The van der Waals surface area contributed by atoms with E-state index in [-0.39, 0.29) is 0 Å². The summed E-state index contributed by atoms with van der Waals surface area (Å²) in [6.07, 6.45) is 7.62. The van der Waals surface area contributed by atoms with Gasteiger partial charge in [-0.2, -0.15) is 5.26 Å². The molecule has 0 bridgehead atoms. The van der Waals surface area contributed by atoms with Crippen molar-refractivity contribution in [2.24, 2.45) is 0 Å². The Morgan fingerprint density at radius 2 is 2.07 bits per heavy atom. The Bertz CT molecular complexity index is 388. The zero-order chi connectivity index (χ0) is 10.7. The normalized spacial score (nSPS) is 17.3. The van der Waals surface area contributed by atoms with Crippen LogP contribution in [0.15, 0.2) is 6.20 Å². The highest BCUT2D eigenvalue weighted by Gasteiger charge is 2.18. The molecular weight excluding hydrogens is 188 g/mol. The first kappa shape index (κ1) is 9.91. The van der Waals surface area contributed by atoms with E-state index < -0.39 is 0 Å². The van der Waals surface area contributed by atoms with E-state index in [9.17, 15) is 0 Å². The number of nitriles is 1. The highest BCUT2D eigenvalue weighted by molar-refractivity contribution is 5.46. The maximum absolute atomic E-state index is 8.71. The molecule has 1 fully saturated rings. The lowest BCUT2D eigenvalue weighted by Gasteiger charge is -2.20. The van der Waals surface area contributed by atoms with Gasteiger partial charge in [0.05, 0.1) is 6.20 Å². The fourth-order valence-corrected chi connectivity index (χ4v) is 2.05. The molecule has 1 saturated carbocycles. The maximum atomic E-state index is 8.71. The van der Waals surface area contributed by atoms with Crippen molar-refractivity contribution in [1.82, 2.24) is 9.97 Å². The highest BCUT2D eigenvalue weighted by Crippen LogP contribution is 2.30. The lowest BCUT2D eigenvalue weighted by molar-refractivity contribution is 0.429. The average Bonchev–Trinajstić information content (AvgIpc) is 2.30. The third-order valence-corrected chi connectivity index (χ3v) is 2.93. The van der Waals surface area contributed by atoms with Crippen molar-refractivity contribution < 1.29 is 0 Å². The van der Waals surface area contributed by atoms with Crippen LogP contribution in [0.3, 0.4) is 0 Å². The first-order valence-electron chi connectivity index (χ1n) is 5.34. The minimum Gasteiger partial charge on any atom is -0.382 e.